The lowest BCUT2D eigenvalue weighted by Gasteiger charge is -2.15. The predicted octanol–water partition coefficient (Wildman–Crippen LogP) is 4.25. The number of ether oxygens (including phenoxy) is 2. The molecule has 8 heteroatoms. The summed E-state index contributed by atoms with van der Waals surface area (Å²) in [6.45, 7) is 2.53. The molecule has 3 rings (SSSR count). The van der Waals surface area contributed by atoms with Gasteiger partial charge < -0.3 is 9.47 Å². The van der Waals surface area contributed by atoms with E-state index in [0.717, 1.165) is 11.4 Å². The maximum atomic E-state index is 12.7. The zero-order chi connectivity index (χ0) is 20.3. The minimum Gasteiger partial charge on any atom is -0.493 e. The van der Waals surface area contributed by atoms with Gasteiger partial charge in [-0.25, -0.2) is 5.01 Å². The summed E-state index contributed by atoms with van der Waals surface area (Å²) in [5.74, 6) is 0.124. The van der Waals surface area contributed by atoms with Crippen LogP contribution in [0.3, 0.4) is 0 Å². The van der Waals surface area contributed by atoms with Crippen LogP contribution in [0.1, 0.15) is 18.9 Å². The predicted molar refractivity (Wildman–Crippen MR) is 109 cm³/mol. The van der Waals surface area contributed by atoms with Crippen LogP contribution >= 0.6 is 23.2 Å². The minimum atomic E-state index is -0.511. The highest BCUT2D eigenvalue weighted by Gasteiger charge is 2.34. The van der Waals surface area contributed by atoms with Crippen molar-refractivity contribution in [3.8, 4) is 11.5 Å². The van der Waals surface area contributed by atoms with Crippen molar-refractivity contribution in [1.82, 2.24) is 5.43 Å². The van der Waals surface area contributed by atoms with Crippen LogP contribution in [-0.2, 0) is 9.59 Å². The second kappa shape index (κ2) is 8.54. The lowest BCUT2D eigenvalue weighted by Crippen LogP contribution is -2.35. The van der Waals surface area contributed by atoms with Crippen LogP contribution in [0.2, 0.25) is 10.0 Å². The van der Waals surface area contributed by atoms with E-state index in [1.807, 2.05) is 6.92 Å². The van der Waals surface area contributed by atoms with Gasteiger partial charge in [0.25, 0.3) is 11.8 Å². The van der Waals surface area contributed by atoms with Crippen molar-refractivity contribution in [3.05, 3.63) is 57.6 Å². The second-order valence-electron chi connectivity index (χ2n) is 6.00. The number of nitrogens with one attached hydrogen (secondary N) is 1. The summed E-state index contributed by atoms with van der Waals surface area (Å²) in [5.41, 5.74) is 3.58. The first kappa shape index (κ1) is 20.0. The van der Waals surface area contributed by atoms with Gasteiger partial charge in [0.05, 0.1) is 29.4 Å². The van der Waals surface area contributed by atoms with Crippen LogP contribution < -0.4 is 19.9 Å². The quantitative estimate of drug-likeness (QED) is 0.560. The van der Waals surface area contributed by atoms with Gasteiger partial charge in [-0.2, -0.15) is 0 Å². The zero-order valence-corrected chi connectivity index (χ0v) is 16.8. The van der Waals surface area contributed by atoms with Gasteiger partial charge in [-0.05, 0) is 48.4 Å². The summed E-state index contributed by atoms with van der Waals surface area (Å²) in [7, 11) is 1.55. The fraction of sp³-hybridized carbons (Fsp3) is 0.200. The first-order chi connectivity index (χ1) is 13.4. The van der Waals surface area contributed by atoms with Crippen molar-refractivity contribution in [2.45, 2.75) is 13.3 Å². The number of nitrogens with zero attached hydrogens (tertiary/aromatic N) is 1. The van der Waals surface area contributed by atoms with Crippen LogP contribution in [-0.4, -0.2) is 25.5 Å². The average molecular weight is 421 g/mol. The molecule has 0 aliphatic carbocycles. The fourth-order valence-corrected chi connectivity index (χ4v) is 2.93. The van der Waals surface area contributed by atoms with E-state index >= 15 is 0 Å². The van der Waals surface area contributed by atoms with Crippen molar-refractivity contribution >= 4 is 46.8 Å². The highest BCUT2D eigenvalue weighted by atomic mass is 35.5. The van der Waals surface area contributed by atoms with E-state index in [-0.39, 0.29) is 10.6 Å². The van der Waals surface area contributed by atoms with E-state index in [4.69, 9.17) is 32.7 Å². The van der Waals surface area contributed by atoms with Crippen LogP contribution in [0.5, 0.6) is 11.5 Å². The van der Waals surface area contributed by atoms with Crippen LogP contribution in [0.25, 0.3) is 6.08 Å². The molecule has 1 heterocycles. The third-order valence-corrected chi connectivity index (χ3v) is 4.75. The Labute approximate surface area is 172 Å². The lowest BCUT2D eigenvalue weighted by atomic mass is 10.1. The van der Waals surface area contributed by atoms with Gasteiger partial charge in [0, 0.05) is 0 Å². The topological polar surface area (TPSA) is 67.9 Å². The SMILES string of the molecule is CCCOc1cc(/C=C2\C(=O)NN(c3ccc(Cl)c(Cl)c3)C2=O)ccc1OC. The summed E-state index contributed by atoms with van der Waals surface area (Å²) in [6, 6.07) is 9.86. The maximum Gasteiger partial charge on any atom is 0.282 e. The summed E-state index contributed by atoms with van der Waals surface area (Å²) in [5, 5.41) is 1.78. The van der Waals surface area contributed by atoms with Crippen molar-refractivity contribution in [2.75, 3.05) is 18.7 Å². The fourth-order valence-electron chi connectivity index (χ4n) is 2.64. The van der Waals surface area contributed by atoms with Crippen molar-refractivity contribution < 1.29 is 19.1 Å². The molecular weight excluding hydrogens is 403 g/mol. The molecule has 2 amide bonds. The van der Waals surface area contributed by atoms with E-state index in [2.05, 4.69) is 5.43 Å². The summed E-state index contributed by atoms with van der Waals surface area (Å²) in [6.07, 6.45) is 2.35. The Balaban J connectivity index is 1.90. The van der Waals surface area contributed by atoms with Crippen LogP contribution in [0.15, 0.2) is 42.0 Å². The molecule has 1 fully saturated rings. The molecule has 1 aliphatic heterocycles. The van der Waals surface area contributed by atoms with Gasteiger partial charge >= 0.3 is 0 Å². The van der Waals surface area contributed by atoms with Gasteiger partial charge in [0.1, 0.15) is 5.57 Å². The summed E-state index contributed by atoms with van der Waals surface area (Å²) >= 11 is 11.9. The molecule has 1 saturated heterocycles. The number of carbonyl (C=O) groups excluding carboxylic acids is 2. The molecule has 28 heavy (non-hydrogen) atoms. The van der Waals surface area contributed by atoms with Gasteiger partial charge in [0.15, 0.2) is 11.5 Å². The normalized spacial score (nSPS) is 15.1. The highest BCUT2D eigenvalue weighted by molar-refractivity contribution is 6.42. The van der Waals surface area contributed by atoms with Crippen molar-refractivity contribution in [1.29, 1.82) is 0 Å². The number of benzene rings is 2. The Morgan fingerprint density at radius 1 is 1.07 bits per heavy atom. The first-order valence-electron chi connectivity index (χ1n) is 8.57. The number of amides is 2. The van der Waals surface area contributed by atoms with E-state index in [1.165, 1.54) is 12.1 Å². The van der Waals surface area contributed by atoms with E-state index in [0.29, 0.717) is 34.4 Å². The molecule has 0 aromatic heterocycles. The number of anilines is 1. The molecular formula is C20H18Cl2N2O4. The molecule has 0 radical (unpaired) electrons. The van der Waals surface area contributed by atoms with E-state index in [1.54, 1.807) is 37.4 Å². The molecule has 0 spiro atoms. The molecule has 2 aromatic carbocycles. The van der Waals surface area contributed by atoms with Crippen LogP contribution in [0, 0.1) is 0 Å². The van der Waals surface area contributed by atoms with Gasteiger partial charge in [-0.3, -0.25) is 15.0 Å². The van der Waals surface area contributed by atoms with Gasteiger partial charge in [-0.15, -0.1) is 0 Å². The minimum absolute atomic E-state index is 0.00215. The number of methoxy groups -OCH3 is 1. The Kier molecular flexibility index (Phi) is 6.11. The molecule has 146 valence electrons. The molecule has 6 nitrogen and oxygen atoms in total. The average Bonchev–Trinajstić information content (AvgIpc) is 2.97. The number of hydrazine groups is 1. The summed E-state index contributed by atoms with van der Waals surface area (Å²) < 4.78 is 11.0. The molecule has 0 atom stereocenters. The lowest BCUT2D eigenvalue weighted by molar-refractivity contribution is -0.117. The number of hydrogen-bond acceptors (Lipinski definition) is 4. The Hall–Kier alpha value is -2.70. The van der Waals surface area contributed by atoms with E-state index < -0.39 is 11.8 Å². The monoisotopic (exact) mass is 420 g/mol. The Morgan fingerprint density at radius 2 is 1.86 bits per heavy atom. The molecule has 0 saturated carbocycles. The van der Waals surface area contributed by atoms with Crippen molar-refractivity contribution in [3.63, 3.8) is 0 Å². The zero-order valence-electron chi connectivity index (χ0n) is 15.3. The van der Waals surface area contributed by atoms with Crippen molar-refractivity contribution in [2.24, 2.45) is 0 Å². The third-order valence-electron chi connectivity index (χ3n) is 4.01. The number of hydrogen-bond donors (Lipinski definition) is 1. The molecule has 1 aliphatic rings. The Morgan fingerprint density at radius 3 is 2.54 bits per heavy atom. The molecule has 1 N–H and O–H groups in total. The molecule has 2 aromatic rings. The standard InChI is InChI=1S/C20H18Cl2N2O4/c1-3-8-28-18-10-12(4-7-17(18)27-2)9-14-19(25)23-24(20(14)26)13-5-6-15(21)16(22)11-13/h4-7,9-11H,3,8H2,1-2H3,(H,23,25)/b14-9+. The number of rotatable bonds is 6. The first-order valence-corrected chi connectivity index (χ1v) is 9.33. The smallest absolute Gasteiger partial charge is 0.282 e. The van der Waals surface area contributed by atoms with E-state index in [9.17, 15) is 9.59 Å². The largest absolute Gasteiger partial charge is 0.493 e. The Bertz CT molecular complexity index is 959. The summed E-state index contributed by atoms with van der Waals surface area (Å²) in [4.78, 5) is 25.1. The number of carbonyl (C=O) groups is 2. The second-order valence-corrected chi connectivity index (χ2v) is 6.81. The van der Waals surface area contributed by atoms with Gasteiger partial charge in [-0.1, -0.05) is 36.2 Å². The molecule has 0 unspecified atom stereocenters. The molecule has 0 bridgehead atoms. The van der Waals surface area contributed by atoms with Crippen LogP contribution in [0.4, 0.5) is 5.69 Å². The van der Waals surface area contributed by atoms with Gasteiger partial charge in [0.2, 0.25) is 0 Å². The number of halogens is 2. The maximum absolute atomic E-state index is 12.7. The highest BCUT2D eigenvalue weighted by Crippen LogP contribution is 2.31. The third kappa shape index (κ3) is 4.08.